The number of nitrogens with two attached hydrogens (primary N) is 1. The smallest absolute Gasteiger partial charge is 0.0947 e. The second-order valence-electron chi connectivity index (χ2n) is 4.31. The Labute approximate surface area is 120 Å². The predicted octanol–water partition coefficient (Wildman–Crippen LogP) is 3.27. The Kier molecular flexibility index (Phi) is 4.50. The molecule has 0 radical (unpaired) electrons. The lowest BCUT2D eigenvalue weighted by Gasteiger charge is -2.16. The van der Waals surface area contributed by atoms with Gasteiger partial charge in [0.1, 0.15) is 0 Å². The van der Waals surface area contributed by atoms with Crippen molar-refractivity contribution >= 4 is 27.3 Å². The van der Waals surface area contributed by atoms with Crippen LogP contribution in [0.3, 0.4) is 0 Å². The third-order valence-electron chi connectivity index (χ3n) is 2.83. The standard InChI is InChI=1S/C13H16BrN3S/c1-8-5-10(3-4-11(8)14)12(17-15)6-13-16-9(2)7-18-13/h3-5,7,12,17H,6,15H2,1-2H3. The maximum atomic E-state index is 5.66. The molecule has 1 atom stereocenters. The zero-order chi connectivity index (χ0) is 13.1. The molecule has 18 heavy (non-hydrogen) atoms. The van der Waals surface area contributed by atoms with Crippen molar-refractivity contribution in [3.05, 3.63) is 49.9 Å². The second-order valence-corrected chi connectivity index (χ2v) is 6.11. The summed E-state index contributed by atoms with van der Waals surface area (Å²) in [6, 6.07) is 6.39. The highest BCUT2D eigenvalue weighted by Gasteiger charge is 2.13. The van der Waals surface area contributed by atoms with Crippen molar-refractivity contribution < 1.29 is 0 Å². The number of benzene rings is 1. The monoisotopic (exact) mass is 325 g/mol. The Balaban J connectivity index is 2.19. The molecule has 1 aromatic carbocycles. The lowest BCUT2D eigenvalue weighted by Crippen LogP contribution is -2.29. The van der Waals surface area contributed by atoms with Gasteiger partial charge in [-0.3, -0.25) is 11.3 Å². The van der Waals surface area contributed by atoms with Gasteiger partial charge in [0.2, 0.25) is 0 Å². The van der Waals surface area contributed by atoms with Crippen LogP contribution in [0.1, 0.15) is 27.9 Å². The lowest BCUT2D eigenvalue weighted by molar-refractivity contribution is 0.550. The van der Waals surface area contributed by atoms with Crippen LogP contribution in [-0.4, -0.2) is 4.98 Å². The third-order valence-corrected chi connectivity index (χ3v) is 4.71. The molecule has 5 heteroatoms. The molecule has 2 rings (SSSR count). The second kappa shape index (κ2) is 5.93. The molecule has 0 aliphatic heterocycles. The van der Waals surface area contributed by atoms with Crippen molar-refractivity contribution in [1.29, 1.82) is 0 Å². The van der Waals surface area contributed by atoms with Crippen LogP contribution in [0.2, 0.25) is 0 Å². The number of halogens is 1. The molecule has 3 N–H and O–H groups in total. The van der Waals surface area contributed by atoms with E-state index in [0.717, 1.165) is 21.6 Å². The van der Waals surface area contributed by atoms with Crippen LogP contribution in [0, 0.1) is 13.8 Å². The number of nitrogens with one attached hydrogen (secondary N) is 1. The van der Waals surface area contributed by atoms with Gasteiger partial charge in [-0.1, -0.05) is 28.1 Å². The minimum atomic E-state index is 0.0994. The molecule has 96 valence electrons. The van der Waals surface area contributed by atoms with E-state index < -0.39 is 0 Å². The van der Waals surface area contributed by atoms with Gasteiger partial charge in [-0.15, -0.1) is 11.3 Å². The number of rotatable bonds is 4. The SMILES string of the molecule is Cc1csc(CC(NN)c2ccc(Br)c(C)c2)n1. The fourth-order valence-electron chi connectivity index (χ4n) is 1.83. The molecule has 1 unspecified atom stereocenters. The summed E-state index contributed by atoms with van der Waals surface area (Å²) in [6.45, 7) is 4.09. The predicted molar refractivity (Wildman–Crippen MR) is 79.5 cm³/mol. The van der Waals surface area contributed by atoms with Gasteiger partial charge in [0.05, 0.1) is 11.0 Å². The fraction of sp³-hybridized carbons (Fsp3) is 0.308. The van der Waals surface area contributed by atoms with E-state index in [4.69, 9.17) is 5.84 Å². The normalized spacial score (nSPS) is 12.7. The van der Waals surface area contributed by atoms with Crippen LogP contribution in [0.25, 0.3) is 0 Å². The van der Waals surface area contributed by atoms with Crippen LogP contribution in [0.4, 0.5) is 0 Å². The zero-order valence-electron chi connectivity index (χ0n) is 10.4. The average molecular weight is 326 g/mol. The van der Waals surface area contributed by atoms with Gasteiger partial charge in [0, 0.05) is 22.0 Å². The summed E-state index contributed by atoms with van der Waals surface area (Å²) in [6.07, 6.45) is 0.816. The third kappa shape index (κ3) is 3.17. The van der Waals surface area contributed by atoms with Gasteiger partial charge in [0.15, 0.2) is 0 Å². The molecule has 0 spiro atoms. The maximum absolute atomic E-state index is 5.66. The first-order valence-electron chi connectivity index (χ1n) is 5.73. The van der Waals surface area contributed by atoms with E-state index in [1.54, 1.807) is 11.3 Å². The van der Waals surface area contributed by atoms with Crippen LogP contribution in [0.15, 0.2) is 28.1 Å². The summed E-state index contributed by atoms with van der Waals surface area (Å²) in [7, 11) is 0. The van der Waals surface area contributed by atoms with E-state index in [-0.39, 0.29) is 6.04 Å². The average Bonchev–Trinajstić information content (AvgIpc) is 2.75. The highest BCUT2D eigenvalue weighted by atomic mass is 79.9. The molecule has 0 saturated carbocycles. The van der Waals surface area contributed by atoms with Crippen LogP contribution in [-0.2, 0) is 6.42 Å². The largest absolute Gasteiger partial charge is 0.271 e. The number of hydrogen-bond acceptors (Lipinski definition) is 4. The lowest BCUT2D eigenvalue weighted by atomic mass is 10.0. The molecule has 0 fully saturated rings. The highest BCUT2D eigenvalue weighted by Crippen LogP contribution is 2.24. The topological polar surface area (TPSA) is 50.9 Å². The van der Waals surface area contributed by atoms with E-state index in [9.17, 15) is 0 Å². The molecular formula is C13H16BrN3S. The molecular weight excluding hydrogens is 310 g/mol. The highest BCUT2D eigenvalue weighted by molar-refractivity contribution is 9.10. The van der Waals surface area contributed by atoms with E-state index in [2.05, 4.69) is 56.8 Å². The number of aromatic nitrogens is 1. The molecule has 1 heterocycles. The van der Waals surface area contributed by atoms with E-state index in [1.807, 2.05) is 6.92 Å². The quantitative estimate of drug-likeness (QED) is 0.670. The first-order valence-corrected chi connectivity index (χ1v) is 7.40. The molecule has 3 nitrogen and oxygen atoms in total. The summed E-state index contributed by atoms with van der Waals surface area (Å²) < 4.78 is 1.12. The Bertz CT molecular complexity index is 539. The molecule has 0 aliphatic rings. The molecule has 0 saturated heterocycles. The summed E-state index contributed by atoms with van der Waals surface area (Å²) in [4.78, 5) is 4.48. The summed E-state index contributed by atoms with van der Waals surface area (Å²) >= 11 is 5.19. The number of aryl methyl sites for hydroxylation is 2. The van der Waals surface area contributed by atoms with Gasteiger partial charge in [-0.2, -0.15) is 0 Å². The number of hydrazine groups is 1. The van der Waals surface area contributed by atoms with Crippen LogP contribution < -0.4 is 11.3 Å². The number of nitrogens with zero attached hydrogens (tertiary/aromatic N) is 1. The van der Waals surface area contributed by atoms with Crippen molar-refractivity contribution in [1.82, 2.24) is 10.4 Å². The first kappa shape index (κ1) is 13.7. The fourth-order valence-corrected chi connectivity index (χ4v) is 2.89. The molecule has 0 amide bonds. The number of thiazole rings is 1. The minimum absolute atomic E-state index is 0.0994. The zero-order valence-corrected chi connectivity index (χ0v) is 12.8. The summed E-state index contributed by atoms with van der Waals surface area (Å²) in [5.74, 6) is 5.66. The molecule has 2 aromatic rings. The van der Waals surface area contributed by atoms with Crippen LogP contribution in [0.5, 0.6) is 0 Å². The van der Waals surface area contributed by atoms with E-state index in [0.29, 0.717) is 0 Å². The summed E-state index contributed by atoms with van der Waals surface area (Å²) in [5.41, 5.74) is 6.34. The van der Waals surface area contributed by atoms with E-state index >= 15 is 0 Å². The Morgan fingerprint density at radius 1 is 1.44 bits per heavy atom. The maximum Gasteiger partial charge on any atom is 0.0947 e. The van der Waals surface area contributed by atoms with Gasteiger partial charge < -0.3 is 0 Å². The Morgan fingerprint density at radius 2 is 2.22 bits per heavy atom. The van der Waals surface area contributed by atoms with Gasteiger partial charge in [-0.25, -0.2) is 4.98 Å². The molecule has 0 bridgehead atoms. The summed E-state index contributed by atoms with van der Waals surface area (Å²) in [5, 5.41) is 3.17. The van der Waals surface area contributed by atoms with Crippen molar-refractivity contribution in [3.63, 3.8) is 0 Å². The van der Waals surface area contributed by atoms with E-state index in [1.165, 1.54) is 11.1 Å². The Morgan fingerprint density at radius 3 is 2.78 bits per heavy atom. The molecule has 0 aliphatic carbocycles. The molecule has 1 aromatic heterocycles. The van der Waals surface area contributed by atoms with Crippen LogP contribution >= 0.6 is 27.3 Å². The van der Waals surface area contributed by atoms with Gasteiger partial charge in [0.25, 0.3) is 0 Å². The number of hydrogen-bond donors (Lipinski definition) is 2. The van der Waals surface area contributed by atoms with Crippen molar-refractivity contribution in [2.45, 2.75) is 26.3 Å². The van der Waals surface area contributed by atoms with Crippen molar-refractivity contribution in [3.8, 4) is 0 Å². The first-order chi connectivity index (χ1) is 8.60. The Hall–Kier alpha value is -0.750. The van der Waals surface area contributed by atoms with Gasteiger partial charge in [-0.05, 0) is 31.0 Å². The minimum Gasteiger partial charge on any atom is -0.271 e. The van der Waals surface area contributed by atoms with Gasteiger partial charge >= 0.3 is 0 Å². The van der Waals surface area contributed by atoms with Crippen molar-refractivity contribution in [2.75, 3.05) is 0 Å². The van der Waals surface area contributed by atoms with Crippen molar-refractivity contribution in [2.24, 2.45) is 5.84 Å².